The van der Waals surface area contributed by atoms with Crippen LogP contribution in [0.1, 0.15) is 16.1 Å². The maximum atomic E-state index is 13.3. The Kier molecular flexibility index (Phi) is 5.99. The molecule has 1 amide bonds. The SMILES string of the molecule is Cc1nc(-c2ccccc2)sc1-c1ccc(=O)n(CCNC(=O)c2cccc(F)c2)n1. The fraction of sp³-hybridized carbons (Fsp3) is 0.130. The fourth-order valence-corrected chi connectivity index (χ4v) is 4.11. The van der Waals surface area contributed by atoms with Crippen LogP contribution < -0.4 is 10.9 Å². The molecule has 2 heterocycles. The normalized spacial score (nSPS) is 10.8. The Balaban J connectivity index is 1.50. The van der Waals surface area contributed by atoms with Gasteiger partial charge >= 0.3 is 0 Å². The number of aromatic nitrogens is 3. The van der Waals surface area contributed by atoms with Gasteiger partial charge in [-0.15, -0.1) is 11.3 Å². The van der Waals surface area contributed by atoms with E-state index in [4.69, 9.17) is 0 Å². The molecule has 0 aliphatic rings. The highest BCUT2D eigenvalue weighted by Crippen LogP contribution is 2.33. The van der Waals surface area contributed by atoms with E-state index in [1.54, 1.807) is 6.07 Å². The van der Waals surface area contributed by atoms with E-state index in [2.05, 4.69) is 15.4 Å². The Labute approximate surface area is 182 Å². The van der Waals surface area contributed by atoms with Gasteiger partial charge < -0.3 is 5.32 Å². The molecule has 4 aromatic rings. The predicted molar refractivity (Wildman–Crippen MR) is 119 cm³/mol. The van der Waals surface area contributed by atoms with Gasteiger partial charge in [-0.05, 0) is 31.2 Å². The first kappa shape index (κ1) is 20.6. The van der Waals surface area contributed by atoms with Gasteiger partial charge in [0.15, 0.2) is 0 Å². The Bertz CT molecular complexity index is 1280. The largest absolute Gasteiger partial charge is 0.350 e. The third-order valence-electron chi connectivity index (χ3n) is 4.61. The van der Waals surface area contributed by atoms with Crippen LogP contribution in [0.3, 0.4) is 0 Å². The summed E-state index contributed by atoms with van der Waals surface area (Å²) in [7, 11) is 0. The summed E-state index contributed by atoms with van der Waals surface area (Å²) in [6.45, 7) is 2.29. The van der Waals surface area contributed by atoms with E-state index < -0.39 is 11.7 Å². The van der Waals surface area contributed by atoms with Crippen LogP contribution in [0.4, 0.5) is 4.39 Å². The van der Waals surface area contributed by atoms with Crippen molar-refractivity contribution in [1.82, 2.24) is 20.1 Å². The number of amides is 1. The number of nitrogens with zero attached hydrogens (tertiary/aromatic N) is 3. The van der Waals surface area contributed by atoms with Crippen LogP contribution in [0.5, 0.6) is 0 Å². The van der Waals surface area contributed by atoms with Crippen LogP contribution in [0, 0.1) is 12.7 Å². The van der Waals surface area contributed by atoms with Crippen LogP contribution in [0.25, 0.3) is 21.1 Å². The molecular weight excluding hydrogens is 415 g/mol. The lowest BCUT2D eigenvalue weighted by Gasteiger charge is -2.08. The first-order valence-corrected chi connectivity index (χ1v) is 10.5. The van der Waals surface area contributed by atoms with Gasteiger partial charge in [0.05, 0.1) is 17.1 Å². The van der Waals surface area contributed by atoms with E-state index in [1.165, 1.54) is 40.3 Å². The number of benzene rings is 2. The molecule has 0 unspecified atom stereocenters. The van der Waals surface area contributed by atoms with Gasteiger partial charge in [0.1, 0.15) is 16.5 Å². The highest BCUT2D eigenvalue weighted by molar-refractivity contribution is 7.18. The molecule has 2 aromatic carbocycles. The molecule has 0 spiro atoms. The number of nitrogens with one attached hydrogen (secondary N) is 1. The topological polar surface area (TPSA) is 76.9 Å². The molecule has 4 rings (SSSR count). The zero-order valence-corrected chi connectivity index (χ0v) is 17.5. The Morgan fingerprint density at radius 2 is 1.90 bits per heavy atom. The van der Waals surface area contributed by atoms with Crippen molar-refractivity contribution in [1.29, 1.82) is 0 Å². The first-order valence-electron chi connectivity index (χ1n) is 9.66. The summed E-state index contributed by atoms with van der Waals surface area (Å²) in [5.74, 6) is -0.887. The minimum atomic E-state index is -0.479. The minimum absolute atomic E-state index is 0.183. The molecular formula is C23H19FN4O2S. The Morgan fingerprint density at radius 3 is 2.68 bits per heavy atom. The van der Waals surface area contributed by atoms with Crippen LogP contribution >= 0.6 is 11.3 Å². The van der Waals surface area contributed by atoms with Crippen molar-refractivity contribution in [2.75, 3.05) is 6.54 Å². The van der Waals surface area contributed by atoms with Gasteiger partial charge in [-0.2, -0.15) is 5.10 Å². The van der Waals surface area contributed by atoms with E-state index in [9.17, 15) is 14.0 Å². The summed E-state index contributed by atoms with van der Waals surface area (Å²) in [6, 6.07) is 18.4. The average Bonchev–Trinajstić information content (AvgIpc) is 3.17. The van der Waals surface area contributed by atoms with E-state index >= 15 is 0 Å². The number of halogens is 1. The quantitative estimate of drug-likeness (QED) is 0.499. The van der Waals surface area contributed by atoms with Crippen LogP contribution in [-0.4, -0.2) is 27.2 Å². The molecule has 31 heavy (non-hydrogen) atoms. The smallest absolute Gasteiger partial charge is 0.266 e. The van der Waals surface area contributed by atoms with Crippen molar-refractivity contribution in [3.05, 3.63) is 94.2 Å². The van der Waals surface area contributed by atoms with Gasteiger partial charge in [-0.1, -0.05) is 36.4 Å². The third kappa shape index (κ3) is 4.75. The molecule has 2 aromatic heterocycles. The van der Waals surface area contributed by atoms with Gasteiger partial charge in [0.2, 0.25) is 0 Å². The monoisotopic (exact) mass is 434 g/mol. The van der Waals surface area contributed by atoms with Crippen molar-refractivity contribution in [2.24, 2.45) is 0 Å². The Morgan fingerprint density at radius 1 is 1.10 bits per heavy atom. The van der Waals surface area contributed by atoms with E-state index in [-0.39, 0.29) is 24.2 Å². The summed E-state index contributed by atoms with van der Waals surface area (Å²) in [4.78, 5) is 29.9. The Hall–Kier alpha value is -3.65. The van der Waals surface area contributed by atoms with Crippen molar-refractivity contribution in [3.8, 4) is 21.1 Å². The molecule has 8 heteroatoms. The number of hydrogen-bond donors (Lipinski definition) is 1. The van der Waals surface area contributed by atoms with Gasteiger partial charge in [-0.25, -0.2) is 14.1 Å². The summed E-state index contributed by atoms with van der Waals surface area (Å²) in [5, 5.41) is 8.02. The molecule has 0 fully saturated rings. The standard InChI is InChI=1S/C23H19FN4O2S/c1-15-21(31-23(26-15)16-6-3-2-4-7-16)19-10-11-20(29)28(27-19)13-12-25-22(30)17-8-5-9-18(24)14-17/h2-11,14H,12-13H2,1H3,(H,25,30). The zero-order valence-electron chi connectivity index (χ0n) is 16.7. The lowest BCUT2D eigenvalue weighted by molar-refractivity contribution is 0.0951. The molecule has 0 saturated carbocycles. The summed E-state index contributed by atoms with van der Waals surface area (Å²) in [6.07, 6.45) is 0. The van der Waals surface area contributed by atoms with E-state index in [0.717, 1.165) is 27.2 Å². The number of carbonyl (C=O) groups excluding carboxylic acids is 1. The molecule has 0 radical (unpaired) electrons. The first-order chi connectivity index (χ1) is 15.0. The number of hydrogen-bond acceptors (Lipinski definition) is 5. The second-order valence-corrected chi connectivity index (χ2v) is 7.84. The highest BCUT2D eigenvalue weighted by atomic mass is 32.1. The maximum absolute atomic E-state index is 13.3. The van der Waals surface area contributed by atoms with Crippen molar-refractivity contribution < 1.29 is 9.18 Å². The molecule has 156 valence electrons. The second kappa shape index (κ2) is 9.01. The van der Waals surface area contributed by atoms with Gasteiger partial charge in [0.25, 0.3) is 11.5 Å². The molecule has 0 aliphatic heterocycles. The fourth-order valence-electron chi connectivity index (χ4n) is 3.08. The number of carbonyl (C=O) groups is 1. The molecule has 0 aliphatic carbocycles. The summed E-state index contributed by atoms with van der Waals surface area (Å²) in [5.41, 5.74) is 2.46. The predicted octanol–water partition coefficient (Wildman–Crippen LogP) is 3.91. The van der Waals surface area contributed by atoms with Gasteiger partial charge in [-0.3, -0.25) is 9.59 Å². The molecule has 1 N–H and O–H groups in total. The molecule has 0 atom stereocenters. The average molecular weight is 434 g/mol. The molecule has 0 bridgehead atoms. The van der Waals surface area contributed by atoms with E-state index in [1.807, 2.05) is 37.3 Å². The maximum Gasteiger partial charge on any atom is 0.266 e. The lowest BCUT2D eigenvalue weighted by Crippen LogP contribution is -2.32. The van der Waals surface area contributed by atoms with E-state index in [0.29, 0.717) is 5.69 Å². The van der Waals surface area contributed by atoms with Gasteiger partial charge in [0, 0.05) is 23.7 Å². The lowest BCUT2D eigenvalue weighted by atomic mass is 10.2. The van der Waals surface area contributed by atoms with Crippen LogP contribution in [0.2, 0.25) is 0 Å². The van der Waals surface area contributed by atoms with Crippen molar-refractivity contribution >= 4 is 17.2 Å². The molecule has 6 nitrogen and oxygen atoms in total. The second-order valence-electron chi connectivity index (χ2n) is 6.85. The number of thiazole rings is 1. The molecule has 0 saturated heterocycles. The van der Waals surface area contributed by atoms with Crippen LogP contribution in [0.15, 0.2) is 71.5 Å². The van der Waals surface area contributed by atoms with Crippen LogP contribution in [-0.2, 0) is 6.54 Å². The number of rotatable bonds is 6. The number of aryl methyl sites for hydroxylation is 1. The zero-order chi connectivity index (χ0) is 21.8. The summed E-state index contributed by atoms with van der Waals surface area (Å²) < 4.78 is 14.6. The van der Waals surface area contributed by atoms with Crippen molar-refractivity contribution in [2.45, 2.75) is 13.5 Å². The minimum Gasteiger partial charge on any atom is -0.350 e. The van der Waals surface area contributed by atoms with Crippen molar-refractivity contribution in [3.63, 3.8) is 0 Å². The third-order valence-corrected chi connectivity index (χ3v) is 5.84. The summed E-state index contributed by atoms with van der Waals surface area (Å²) >= 11 is 1.51. The highest BCUT2D eigenvalue weighted by Gasteiger charge is 2.14.